The van der Waals surface area contributed by atoms with Crippen LogP contribution in [0.1, 0.15) is 32.6 Å². The lowest BCUT2D eigenvalue weighted by Gasteiger charge is -2.10. The number of rotatable bonds is 3. The number of thiocarbonyl (C=S) groups is 1. The van der Waals surface area contributed by atoms with E-state index in [9.17, 15) is 0 Å². The van der Waals surface area contributed by atoms with Gasteiger partial charge in [0.2, 0.25) is 0 Å². The molecule has 1 aliphatic heterocycles. The van der Waals surface area contributed by atoms with Crippen LogP contribution in [0, 0.1) is 0 Å². The van der Waals surface area contributed by atoms with Gasteiger partial charge in [0.05, 0.1) is 11.1 Å². The molecule has 2 N–H and O–H groups in total. The number of aliphatic hydroxyl groups is 1. The smallest absolute Gasteiger partial charge is 0.0756 e. The molecule has 1 rings (SSSR count). The van der Waals surface area contributed by atoms with Crippen molar-refractivity contribution in [2.24, 2.45) is 0 Å². The highest BCUT2D eigenvalue weighted by Gasteiger charge is 2.17. The molecular formula is C8H15NOS. The molecule has 0 spiro atoms. The summed E-state index contributed by atoms with van der Waals surface area (Å²) in [4.78, 5) is 0.987. The third-order valence-corrected chi connectivity index (χ3v) is 2.34. The molecule has 0 saturated carbocycles. The fraction of sp³-hybridized carbons (Fsp3) is 0.875. The van der Waals surface area contributed by atoms with Gasteiger partial charge in [-0.1, -0.05) is 12.2 Å². The van der Waals surface area contributed by atoms with Crippen molar-refractivity contribution in [3.05, 3.63) is 0 Å². The highest BCUT2D eigenvalue weighted by atomic mass is 32.1. The van der Waals surface area contributed by atoms with E-state index in [1.807, 2.05) is 6.92 Å². The Balaban J connectivity index is 2.13. The third-order valence-electron chi connectivity index (χ3n) is 2.02. The van der Waals surface area contributed by atoms with Crippen LogP contribution in [0.3, 0.4) is 0 Å². The Morgan fingerprint density at radius 2 is 2.55 bits per heavy atom. The highest BCUT2D eigenvalue weighted by molar-refractivity contribution is 7.80. The molecule has 2 nitrogen and oxygen atoms in total. The molecule has 0 aromatic heterocycles. The van der Waals surface area contributed by atoms with Crippen LogP contribution in [0.2, 0.25) is 0 Å². The first-order valence-corrected chi connectivity index (χ1v) is 4.56. The van der Waals surface area contributed by atoms with Gasteiger partial charge in [-0.2, -0.15) is 0 Å². The highest BCUT2D eigenvalue weighted by Crippen LogP contribution is 2.13. The number of nitrogens with one attached hydrogen (secondary N) is 1. The topological polar surface area (TPSA) is 32.3 Å². The summed E-state index contributed by atoms with van der Waals surface area (Å²) in [6, 6.07) is 0.525. The zero-order valence-electron chi connectivity index (χ0n) is 6.84. The molecule has 1 saturated heterocycles. The molecule has 3 heteroatoms. The molecule has 1 fully saturated rings. The fourth-order valence-corrected chi connectivity index (χ4v) is 1.62. The quantitative estimate of drug-likeness (QED) is 0.630. The first kappa shape index (κ1) is 8.94. The van der Waals surface area contributed by atoms with Crippen molar-refractivity contribution in [1.29, 1.82) is 0 Å². The Bertz CT molecular complexity index is 147. The minimum Gasteiger partial charge on any atom is -0.393 e. The van der Waals surface area contributed by atoms with Crippen LogP contribution in [-0.2, 0) is 0 Å². The number of hydrogen-bond acceptors (Lipinski definition) is 2. The summed E-state index contributed by atoms with van der Waals surface area (Å²) in [5.41, 5.74) is 0. The second-order valence-corrected chi connectivity index (χ2v) is 3.72. The molecule has 64 valence electrons. The zero-order chi connectivity index (χ0) is 8.27. The van der Waals surface area contributed by atoms with Crippen LogP contribution in [0.25, 0.3) is 0 Å². The van der Waals surface area contributed by atoms with Crippen LogP contribution in [0.15, 0.2) is 0 Å². The van der Waals surface area contributed by atoms with Gasteiger partial charge in [-0.15, -0.1) is 0 Å². The van der Waals surface area contributed by atoms with E-state index >= 15 is 0 Å². The molecule has 0 bridgehead atoms. The van der Waals surface area contributed by atoms with Crippen LogP contribution in [0.5, 0.6) is 0 Å². The Morgan fingerprint density at radius 1 is 1.82 bits per heavy atom. The van der Waals surface area contributed by atoms with E-state index in [1.165, 1.54) is 0 Å². The van der Waals surface area contributed by atoms with Crippen molar-refractivity contribution in [3.63, 3.8) is 0 Å². The number of aliphatic hydroxyl groups excluding tert-OH is 1. The molecule has 2 unspecified atom stereocenters. The molecule has 0 amide bonds. The van der Waals surface area contributed by atoms with Gasteiger partial charge in [0.15, 0.2) is 0 Å². The van der Waals surface area contributed by atoms with Gasteiger partial charge in [-0.05, 0) is 32.6 Å². The zero-order valence-corrected chi connectivity index (χ0v) is 7.66. The van der Waals surface area contributed by atoms with Crippen molar-refractivity contribution in [2.45, 2.75) is 44.8 Å². The molecule has 0 aliphatic carbocycles. The van der Waals surface area contributed by atoms with Gasteiger partial charge in [0, 0.05) is 6.04 Å². The summed E-state index contributed by atoms with van der Waals surface area (Å²) in [5.74, 6) is 0. The van der Waals surface area contributed by atoms with Crippen molar-refractivity contribution in [2.75, 3.05) is 0 Å². The number of hydrogen-bond donors (Lipinski definition) is 2. The molecule has 1 aliphatic rings. The van der Waals surface area contributed by atoms with Crippen LogP contribution in [-0.4, -0.2) is 22.2 Å². The Kier molecular flexibility index (Phi) is 3.27. The lowest BCUT2D eigenvalue weighted by molar-refractivity contribution is 0.177. The van der Waals surface area contributed by atoms with Crippen LogP contribution in [0.4, 0.5) is 0 Å². The SMILES string of the molecule is CC(O)CCC1CCC(=S)N1. The first-order valence-electron chi connectivity index (χ1n) is 4.16. The predicted octanol–water partition coefficient (Wildman–Crippen LogP) is 1.23. The van der Waals surface area contributed by atoms with Crippen LogP contribution >= 0.6 is 12.2 Å². The van der Waals surface area contributed by atoms with E-state index in [0.717, 1.165) is 30.7 Å². The third kappa shape index (κ3) is 3.16. The summed E-state index contributed by atoms with van der Waals surface area (Å²) < 4.78 is 0. The second-order valence-electron chi connectivity index (χ2n) is 3.23. The van der Waals surface area contributed by atoms with E-state index in [1.54, 1.807) is 0 Å². The summed E-state index contributed by atoms with van der Waals surface area (Å²) in [6.45, 7) is 1.83. The lowest BCUT2D eigenvalue weighted by atomic mass is 10.1. The van der Waals surface area contributed by atoms with E-state index in [2.05, 4.69) is 5.32 Å². The average Bonchev–Trinajstić information content (AvgIpc) is 2.31. The first-order chi connectivity index (χ1) is 5.18. The molecule has 1 heterocycles. The van der Waals surface area contributed by atoms with Crippen LogP contribution < -0.4 is 5.32 Å². The maximum atomic E-state index is 9.02. The van der Waals surface area contributed by atoms with E-state index in [-0.39, 0.29) is 6.10 Å². The van der Waals surface area contributed by atoms with E-state index in [0.29, 0.717) is 6.04 Å². The molecule has 0 aromatic carbocycles. The molecule has 0 aromatic rings. The summed E-state index contributed by atoms with van der Waals surface area (Å²) in [7, 11) is 0. The molecular weight excluding hydrogens is 158 g/mol. The van der Waals surface area contributed by atoms with Crippen molar-refractivity contribution in [3.8, 4) is 0 Å². The molecule has 0 radical (unpaired) electrons. The summed E-state index contributed by atoms with van der Waals surface area (Å²) in [6.07, 6.45) is 3.91. The fourth-order valence-electron chi connectivity index (χ4n) is 1.34. The summed E-state index contributed by atoms with van der Waals surface area (Å²) in [5, 5.41) is 12.2. The van der Waals surface area contributed by atoms with Gasteiger partial charge in [-0.25, -0.2) is 0 Å². The average molecular weight is 173 g/mol. The van der Waals surface area contributed by atoms with Crippen molar-refractivity contribution >= 4 is 17.2 Å². The van der Waals surface area contributed by atoms with Gasteiger partial charge < -0.3 is 10.4 Å². The summed E-state index contributed by atoms with van der Waals surface area (Å²) >= 11 is 5.00. The van der Waals surface area contributed by atoms with Gasteiger partial charge in [-0.3, -0.25) is 0 Å². The van der Waals surface area contributed by atoms with Gasteiger partial charge in [0.25, 0.3) is 0 Å². The van der Waals surface area contributed by atoms with E-state index in [4.69, 9.17) is 17.3 Å². The van der Waals surface area contributed by atoms with Gasteiger partial charge >= 0.3 is 0 Å². The van der Waals surface area contributed by atoms with Crippen molar-refractivity contribution in [1.82, 2.24) is 5.32 Å². The monoisotopic (exact) mass is 173 g/mol. The lowest BCUT2D eigenvalue weighted by Crippen LogP contribution is -2.25. The van der Waals surface area contributed by atoms with Crippen molar-refractivity contribution < 1.29 is 5.11 Å². The largest absolute Gasteiger partial charge is 0.393 e. The maximum Gasteiger partial charge on any atom is 0.0756 e. The standard InChI is InChI=1S/C8H15NOS/c1-6(10)2-3-7-4-5-8(11)9-7/h6-7,10H,2-5H2,1H3,(H,9,11). The Morgan fingerprint density at radius 3 is 3.00 bits per heavy atom. The Hall–Kier alpha value is -0.150. The minimum atomic E-state index is -0.175. The molecule has 2 atom stereocenters. The van der Waals surface area contributed by atoms with E-state index < -0.39 is 0 Å². The second kappa shape index (κ2) is 4.02. The minimum absolute atomic E-state index is 0.175. The normalized spacial score (nSPS) is 26.7. The Labute approximate surface area is 73.0 Å². The van der Waals surface area contributed by atoms with Gasteiger partial charge in [0.1, 0.15) is 0 Å². The maximum absolute atomic E-state index is 9.02. The predicted molar refractivity (Wildman–Crippen MR) is 49.7 cm³/mol. The molecule has 11 heavy (non-hydrogen) atoms.